The summed E-state index contributed by atoms with van der Waals surface area (Å²) in [6, 6.07) is 4.87. The highest BCUT2D eigenvalue weighted by Crippen LogP contribution is 2.70. The molecule has 1 atom stereocenters. The summed E-state index contributed by atoms with van der Waals surface area (Å²) in [7, 11) is 0. The molecule has 1 aromatic carbocycles. The van der Waals surface area contributed by atoms with Crippen molar-refractivity contribution in [1.29, 1.82) is 0 Å². The molecule has 1 aliphatic rings. The first-order valence-corrected chi connectivity index (χ1v) is 7.14. The lowest BCUT2D eigenvalue weighted by Crippen LogP contribution is -2.55. The van der Waals surface area contributed by atoms with E-state index in [1.807, 2.05) is 0 Å². The molecule has 0 aliphatic heterocycles. The number of benzene rings is 1. The van der Waals surface area contributed by atoms with Crippen molar-refractivity contribution in [1.82, 2.24) is 0 Å². The van der Waals surface area contributed by atoms with E-state index in [1.165, 1.54) is 12.1 Å². The Bertz CT molecular complexity index is 613. The van der Waals surface area contributed by atoms with Crippen molar-refractivity contribution in [2.45, 2.75) is 55.2 Å². The molecule has 142 valence electrons. The van der Waals surface area contributed by atoms with Crippen LogP contribution in [0.2, 0.25) is 0 Å². The maximum atomic E-state index is 14.3. The summed E-state index contributed by atoms with van der Waals surface area (Å²) in [5.41, 5.74) is -5.30. The van der Waals surface area contributed by atoms with Gasteiger partial charge in [-0.1, -0.05) is 31.2 Å². The first kappa shape index (κ1) is 19.9. The van der Waals surface area contributed by atoms with E-state index >= 15 is 0 Å². The Hall–Kier alpha value is -1.45. The molecule has 1 aromatic rings. The normalized spacial score (nSPS) is 26.4. The van der Waals surface area contributed by atoms with Gasteiger partial charge in [0.2, 0.25) is 0 Å². The van der Waals surface area contributed by atoms with E-state index in [1.54, 1.807) is 6.92 Å². The molecule has 2 rings (SSSR count). The van der Waals surface area contributed by atoms with Gasteiger partial charge in [-0.3, -0.25) is 0 Å². The molecule has 1 N–H and O–H groups in total. The molecule has 0 saturated heterocycles. The molecule has 0 spiro atoms. The van der Waals surface area contributed by atoms with Crippen molar-refractivity contribution >= 4 is 0 Å². The Morgan fingerprint density at radius 1 is 0.760 bits per heavy atom. The molecule has 0 bridgehead atoms. The highest BCUT2D eigenvalue weighted by atomic mass is 19.4. The Balaban J connectivity index is 2.44. The average molecular weight is 380 g/mol. The first-order chi connectivity index (χ1) is 11.2. The molecule has 0 amide bonds. The zero-order valence-corrected chi connectivity index (χ0v) is 12.6. The van der Waals surface area contributed by atoms with E-state index in [0.29, 0.717) is 12.0 Å². The topological polar surface area (TPSA) is 20.2 Å². The number of rotatable bonds is 4. The molecule has 0 aromatic heterocycles. The molecule has 1 aliphatic carbocycles. The third-order valence-corrected chi connectivity index (χ3v) is 4.43. The van der Waals surface area contributed by atoms with Crippen LogP contribution < -0.4 is 0 Å². The van der Waals surface area contributed by atoms with Crippen LogP contribution >= 0.6 is 0 Å². The highest BCUT2D eigenvalue weighted by Gasteiger charge is 3.00. The molecule has 1 nitrogen and oxygen atoms in total. The van der Waals surface area contributed by atoms with Gasteiger partial charge in [0.15, 0.2) is 0 Å². The van der Waals surface area contributed by atoms with E-state index in [2.05, 4.69) is 0 Å². The summed E-state index contributed by atoms with van der Waals surface area (Å²) in [5, 5.41) is 9.72. The highest BCUT2D eigenvalue weighted by molar-refractivity contribution is 5.30. The summed E-state index contributed by atoms with van der Waals surface area (Å²) in [4.78, 5) is 0. The zero-order chi connectivity index (χ0) is 19.5. The van der Waals surface area contributed by atoms with Gasteiger partial charge in [-0.05, 0) is 17.5 Å². The van der Waals surface area contributed by atoms with Gasteiger partial charge in [-0.15, -0.1) is 0 Å². The van der Waals surface area contributed by atoms with E-state index in [-0.39, 0.29) is 5.56 Å². The summed E-state index contributed by atoms with van der Waals surface area (Å²) >= 11 is 0. The monoisotopic (exact) mass is 380 g/mol. The van der Waals surface area contributed by atoms with Gasteiger partial charge in [0.25, 0.3) is 5.67 Å². The predicted molar refractivity (Wildman–Crippen MR) is 69.0 cm³/mol. The SMILES string of the molecule is CCc1ccc(C(O)CC2(F)C(F)(F)C(F)(F)C(F)(F)C2(F)F)cc1. The fraction of sp³-hybridized carbons (Fsp3) is 0.600. The second-order valence-corrected chi connectivity index (χ2v) is 5.91. The van der Waals surface area contributed by atoms with E-state index in [9.17, 15) is 44.6 Å². The van der Waals surface area contributed by atoms with Crippen molar-refractivity contribution in [3.8, 4) is 0 Å². The van der Waals surface area contributed by atoms with Gasteiger partial charge in [-0.2, -0.15) is 35.1 Å². The van der Waals surface area contributed by atoms with Crippen LogP contribution in [-0.4, -0.2) is 34.5 Å². The summed E-state index contributed by atoms with van der Waals surface area (Å²) < 4.78 is 121. The van der Waals surface area contributed by atoms with Crippen LogP contribution in [0.4, 0.5) is 39.5 Å². The zero-order valence-electron chi connectivity index (χ0n) is 12.6. The maximum Gasteiger partial charge on any atom is 0.381 e. The van der Waals surface area contributed by atoms with Crippen LogP contribution in [0.3, 0.4) is 0 Å². The molecule has 1 unspecified atom stereocenters. The Morgan fingerprint density at radius 2 is 1.16 bits per heavy atom. The number of alkyl halides is 9. The molecule has 10 heteroatoms. The van der Waals surface area contributed by atoms with Gasteiger partial charge < -0.3 is 5.11 Å². The lowest BCUT2D eigenvalue weighted by molar-refractivity contribution is -0.303. The lowest BCUT2D eigenvalue weighted by atomic mass is 9.87. The lowest BCUT2D eigenvalue weighted by Gasteiger charge is -2.32. The van der Waals surface area contributed by atoms with Gasteiger partial charge in [-0.25, -0.2) is 4.39 Å². The minimum absolute atomic E-state index is 0.348. The second-order valence-electron chi connectivity index (χ2n) is 5.91. The van der Waals surface area contributed by atoms with Crippen molar-refractivity contribution in [2.75, 3.05) is 0 Å². The fourth-order valence-corrected chi connectivity index (χ4v) is 2.71. The van der Waals surface area contributed by atoms with Crippen molar-refractivity contribution in [2.24, 2.45) is 0 Å². The Kier molecular flexibility index (Phi) is 4.39. The van der Waals surface area contributed by atoms with Gasteiger partial charge >= 0.3 is 23.7 Å². The summed E-state index contributed by atoms with van der Waals surface area (Å²) in [6.07, 6.45) is -4.22. The van der Waals surface area contributed by atoms with E-state index in [0.717, 1.165) is 12.1 Å². The van der Waals surface area contributed by atoms with E-state index < -0.39 is 41.9 Å². The van der Waals surface area contributed by atoms with Crippen LogP contribution in [0, 0.1) is 0 Å². The van der Waals surface area contributed by atoms with Crippen molar-refractivity contribution < 1.29 is 44.6 Å². The molecule has 25 heavy (non-hydrogen) atoms. The molecule has 0 heterocycles. The number of aliphatic hydroxyl groups excluding tert-OH is 1. The molecule has 1 fully saturated rings. The van der Waals surface area contributed by atoms with Crippen LogP contribution in [0.15, 0.2) is 24.3 Å². The van der Waals surface area contributed by atoms with Gasteiger partial charge in [0.05, 0.1) is 6.10 Å². The minimum atomic E-state index is -6.62. The summed E-state index contributed by atoms with van der Waals surface area (Å²) in [6.45, 7) is 1.74. The van der Waals surface area contributed by atoms with Crippen LogP contribution in [0.1, 0.15) is 30.6 Å². The second kappa shape index (κ2) is 5.52. The number of halogens is 9. The van der Waals surface area contributed by atoms with Crippen LogP contribution in [0.5, 0.6) is 0 Å². The van der Waals surface area contributed by atoms with Crippen LogP contribution in [0.25, 0.3) is 0 Å². The van der Waals surface area contributed by atoms with Gasteiger partial charge in [0.1, 0.15) is 0 Å². The maximum absolute atomic E-state index is 14.3. The van der Waals surface area contributed by atoms with Crippen molar-refractivity contribution in [3.05, 3.63) is 35.4 Å². The third kappa shape index (κ3) is 2.29. The fourth-order valence-electron chi connectivity index (χ4n) is 2.71. The number of hydrogen-bond acceptors (Lipinski definition) is 1. The standard InChI is InChI=1S/C15H13F9O/c1-2-8-3-5-9(6-4-8)10(25)7-11(16)12(17,18)14(21,22)15(23,24)13(11,19)20/h3-6,10,25H,2,7H2,1H3. The largest absolute Gasteiger partial charge is 0.388 e. The first-order valence-electron chi connectivity index (χ1n) is 7.14. The summed E-state index contributed by atoms with van der Waals surface area (Å²) in [5.74, 6) is -26.0. The molecular weight excluding hydrogens is 367 g/mol. The predicted octanol–water partition coefficient (Wildman–Crippen LogP) is 4.94. The van der Waals surface area contributed by atoms with Crippen LogP contribution in [-0.2, 0) is 6.42 Å². The Labute approximate surface area is 136 Å². The number of aryl methyl sites for hydroxylation is 1. The molecule has 0 radical (unpaired) electrons. The minimum Gasteiger partial charge on any atom is -0.388 e. The molecular formula is C15H13F9O. The number of aliphatic hydroxyl groups is 1. The van der Waals surface area contributed by atoms with Gasteiger partial charge in [0, 0.05) is 6.42 Å². The van der Waals surface area contributed by atoms with E-state index in [4.69, 9.17) is 0 Å². The average Bonchev–Trinajstić information content (AvgIpc) is 2.57. The van der Waals surface area contributed by atoms with Crippen molar-refractivity contribution in [3.63, 3.8) is 0 Å². The Morgan fingerprint density at radius 3 is 1.52 bits per heavy atom. The quantitative estimate of drug-likeness (QED) is 0.734. The number of hydrogen-bond donors (Lipinski definition) is 1. The molecule has 1 saturated carbocycles. The third-order valence-electron chi connectivity index (χ3n) is 4.43. The smallest absolute Gasteiger partial charge is 0.381 e.